The second-order valence-corrected chi connectivity index (χ2v) is 8.05. The Morgan fingerprint density at radius 2 is 2.12 bits per heavy atom. The van der Waals surface area contributed by atoms with E-state index in [4.69, 9.17) is 9.47 Å². The van der Waals surface area contributed by atoms with Gasteiger partial charge in [-0.05, 0) is 50.7 Å². The van der Waals surface area contributed by atoms with Crippen molar-refractivity contribution in [3.8, 4) is 5.75 Å². The molecule has 1 aliphatic heterocycles. The van der Waals surface area contributed by atoms with E-state index in [1.54, 1.807) is 11.1 Å². The Morgan fingerprint density at radius 1 is 1.38 bits per heavy atom. The maximum Gasteiger partial charge on any atom is 0.410 e. The first-order valence-electron chi connectivity index (χ1n) is 9.22. The van der Waals surface area contributed by atoms with Crippen LogP contribution in [0.2, 0.25) is 0 Å². The molecule has 0 N–H and O–H groups in total. The molecule has 1 fully saturated rings. The van der Waals surface area contributed by atoms with Gasteiger partial charge in [0, 0.05) is 19.2 Å². The van der Waals surface area contributed by atoms with Crippen molar-refractivity contribution < 1.29 is 19.1 Å². The summed E-state index contributed by atoms with van der Waals surface area (Å²) in [6.07, 6.45) is 5.59. The van der Waals surface area contributed by atoms with E-state index in [0.717, 1.165) is 18.3 Å². The number of hydrogen-bond donors (Lipinski definition) is 0. The lowest BCUT2D eigenvalue weighted by molar-refractivity contribution is -0.108. The number of rotatable bonds is 7. The molecule has 1 saturated heterocycles. The summed E-state index contributed by atoms with van der Waals surface area (Å²) in [4.78, 5) is 28.8. The first kappa shape index (κ1) is 20.2. The van der Waals surface area contributed by atoms with Gasteiger partial charge in [0.2, 0.25) is 0 Å². The molecule has 0 aromatic carbocycles. The number of hydrogen-bond acceptors (Lipinski definition) is 5. The van der Waals surface area contributed by atoms with E-state index in [9.17, 15) is 9.59 Å². The predicted molar refractivity (Wildman–Crippen MR) is 99.3 cm³/mol. The Balaban J connectivity index is 1.91. The monoisotopic (exact) mass is 362 g/mol. The highest BCUT2D eigenvalue weighted by Crippen LogP contribution is 2.28. The highest BCUT2D eigenvalue weighted by Gasteiger charge is 2.35. The van der Waals surface area contributed by atoms with Crippen LogP contribution in [0.3, 0.4) is 0 Å². The Kier molecular flexibility index (Phi) is 6.62. The molecule has 0 unspecified atom stereocenters. The molecule has 144 valence electrons. The van der Waals surface area contributed by atoms with Crippen LogP contribution in [0, 0.1) is 5.92 Å². The summed E-state index contributed by atoms with van der Waals surface area (Å²) in [6.45, 7) is 10.8. The standard InChI is InChI=1S/C20H30N2O4/c1-14(7-9-23)15(2)16-10-18(12-21-11-16)25-13-17-6-8-22(17)19(24)26-20(3,4)5/h9-12,14-15,17H,6-8,13H2,1-5H3/t14-,15+,17+/m1/s1. The molecule has 26 heavy (non-hydrogen) atoms. The summed E-state index contributed by atoms with van der Waals surface area (Å²) < 4.78 is 11.3. The molecule has 0 aliphatic carbocycles. The van der Waals surface area contributed by atoms with Gasteiger partial charge in [0.25, 0.3) is 0 Å². The molecule has 1 aromatic heterocycles. The van der Waals surface area contributed by atoms with Gasteiger partial charge in [-0.1, -0.05) is 13.8 Å². The van der Waals surface area contributed by atoms with Crippen molar-refractivity contribution in [2.45, 2.75) is 65.0 Å². The molecular formula is C20H30N2O4. The highest BCUT2D eigenvalue weighted by atomic mass is 16.6. The van der Waals surface area contributed by atoms with Crippen molar-refractivity contribution in [3.05, 3.63) is 24.0 Å². The molecule has 0 radical (unpaired) electrons. The Labute approximate surface area is 155 Å². The SMILES string of the molecule is C[C@H](CC=O)[C@H](C)c1cncc(OC[C@@H]2CCN2C(=O)OC(C)(C)C)c1. The van der Waals surface area contributed by atoms with Crippen molar-refractivity contribution in [1.29, 1.82) is 0 Å². The third-order valence-corrected chi connectivity index (χ3v) is 4.80. The molecule has 0 bridgehead atoms. The van der Waals surface area contributed by atoms with Crippen LogP contribution < -0.4 is 4.74 Å². The van der Waals surface area contributed by atoms with Crippen LogP contribution >= 0.6 is 0 Å². The smallest absolute Gasteiger partial charge is 0.410 e. The molecule has 2 heterocycles. The van der Waals surface area contributed by atoms with Gasteiger partial charge < -0.3 is 19.2 Å². The third kappa shape index (κ3) is 5.44. The number of nitrogens with zero attached hydrogens (tertiary/aromatic N) is 2. The third-order valence-electron chi connectivity index (χ3n) is 4.80. The van der Waals surface area contributed by atoms with Crippen LogP contribution in [0.15, 0.2) is 18.5 Å². The van der Waals surface area contributed by atoms with Crippen LogP contribution in [-0.2, 0) is 9.53 Å². The van der Waals surface area contributed by atoms with Crippen LogP contribution in [0.25, 0.3) is 0 Å². The first-order chi connectivity index (χ1) is 12.2. The number of carbonyl (C=O) groups excluding carboxylic acids is 2. The molecule has 1 aliphatic rings. The summed E-state index contributed by atoms with van der Waals surface area (Å²) in [6, 6.07) is 2.00. The minimum absolute atomic E-state index is 0.0277. The maximum atomic E-state index is 12.1. The van der Waals surface area contributed by atoms with Gasteiger partial charge in [0.05, 0.1) is 12.2 Å². The van der Waals surface area contributed by atoms with Gasteiger partial charge in [-0.15, -0.1) is 0 Å². The molecule has 0 spiro atoms. The second-order valence-electron chi connectivity index (χ2n) is 8.05. The zero-order valence-corrected chi connectivity index (χ0v) is 16.4. The average Bonchev–Trinajstić information content (AvgIpc) is 2.52. The van der Waals surface area contributed by atoms with E-state index < -0.39 is 5.60 Å². The molecule has 1 amide bonds. The Hall–Kier alpha value is -2.11. The zero-order chi connectivity index (χ0) is 19.3. The fourth-order valence-corrected chi connectivity index (χ4v) is 2.82. The molecule has 6 heteroatoms. The van der Waals surface area contributed by atoms with Crippen LogP contribution in [-0.4, -0.2) is 47.1 Å². The fourth-order valence-electron chi connectivity index (χ4n) is 2.82. The lowest BCUT2D eigenvalue weighted by Crippen LogP contribution is -2.55. The zero-order valence-electron chi connectivity index (χ0n) is 16.4. The van der Waals surface area contributed by atoms with Crippen LogP contribution in [0.1, 0.15) is 58.9 Å². The van der Waals surface area contributed by atoms with Crippen molar-refractivity contribution in [2.75, 3.05) is 13.2 Å². The van der Waals surface area contributed by atoms with Crippen molar-refractivity contribution in [1.82, 2.24) is 9.88 Å². The van der Waals surface area contributed by atoms with Gasteiger partial charge >= 0.3 is 6.09 Å². The predicted octanol–water partition coefficient (Wildman–Crippen LogP) is 3.80. The number of amides is 1. The van der Waals surface area contributed by atoms with E-state index in [1.165, 1.54) is 0 Å². The molecule has 6 nitrogen and oxygen atoms in total. The van der Waals surface area contributed by atoms with Gasteiger partial charge in [0.1, 0.15) is 24.2 Å². The van der Waals surface area contributed by atoms with E-state index in [1.807, 2.05) is 33.0 Å². The fraction of sp³-hybridized carbons (Fsp3) is 0.650. The minimum atomic E-state index is -0.495. The van der Waals surface area contributed by atoms with Crippen molar-refractivity contribution >= 4 is 12.4 Å². The minimum Gasteiger partial charge on any atom is -0.490 e. The number of aromatic nitrogens is 1. The lowest BCUT2D eigenvalue weighted by atomic mass is 9.88. The van der Waals surface area contributed by atoms with Crippen LogP contribution in [0.5, 0.6) is 5.75 Å². The van der Waals surface area contributed by atoms with E-state index in [0.29, 0.717) is 25.3 Å². The summed E-state index contributed by atoms with van der Waals surface area (Å²) in [7, 11) is 0. The first-order valence-corrected chi connectivity index (χ1v) is 9.22. The van der Waals surface area contributed by atoms with E-state index >= 15 is 0 Å². The average molecular weight is 362 g/mol. The maximum absolute atomic E-state index is 12.1. The van der Waals surface area contributed by atoms with Gasteiger partial charge in [-0.3, -0.25) is 4.98 Å². The number of carbonyl (C=O) groups is 2. The number of pyridine rings is 1. The van der Waals surface area contributed by atoms with Crippen molar-refractivity contribution in [3.63, 3.8) is 0 Å². The van der Waals surface area contributed by atoms with Crippen molar-refractivity contribution in [2.24, 2.45) is 5.92 Å². The number of aldehydes is 1. The highest BCUT2D eigenvalue weighted by molar-refractivity contribution is 5.69. The molecule has 2 rings (SSSR count). The molecule has 0 saturated carbocycles. The Bertz CT molecular complexity index is 626. The topological polar surface area (TPSA) is 68.7 Å². The Morgan fingerprint density at radius 3 is 2.69 bits per heavy atom. The second kappa shape index (κ2) is 8.52. The van der Waals surface area contributed by atoms with Gasteiger partial charge in [-0.25, -0.2) is 4.79 Å². The molecule has 3 atom stereocenters. The molecule has 1 aromatic rings. The summed E-state index contributed by atoms with van der Waals surface area (Å²) in [5.74, 6) is 1.15. The summed E-state index contributed by atoms with van der Waals surface area (Å²) in [5.41, 5.74) is 0.555. The summed E-state index contributed by atoms with van der Waals surface area (Å²) >= 11 is 0. The molecular weight excluding hydrogens is 332 g/mol. The van der Waals surface area contributed by atoms with E-state index in [-0.39, 0.29) is 24.0 Å². The van der Waals surface area contributed by atoms with Gasteiger partial charge in [-0.2, -0.15) is 0 Å². The van der Waals surface area contributed by atoms with E-state index in [2.05, 4.69) is 18.8 Å². The number of likely N-dealkylation sites (tertiary alicyclic amines) is 1. The normalized spacial score (nSPS) is 19.3. The number of ether oxygens (including phenoxy) is 2. The summed E-state index contributed by atoms with van der Waals surface area (Å²) in [5, 5.41) is 0. The largest absolute Gasteiger partial charge is 0.490 e. The van der Waals surface area contributed by atoms with Gasteiger partial charge in [0.15, 0.2) is 0 Å². The van der Waals surface area contributed by atoms with Crippen LogP contribution in [0.4, 0.5) is 4.79 Å². The lowest BCUT2D eigenvalue weighted by Gasteiger charge is -2.41. The quantitative estimate of drug-likeness (QED) is 0.690.